The highest BCUT2D eigenvalue weighted by atomic mass is 16.5. The minimum atomic E-state index is -0.145. The molecule has 0 radical (unpaired) electrons. The van der Waals surface area contributed by atoms with Gasteiger partial charge in [0.25, 0.3) is 0 Å². The van der Waals surface area contributed by atoms with Gasteiger partial charge in [0.15, 0.2) is 0 Å². The molecule has 0 aliphatic heterocycles. The molecule has 1 aromatic carbocycles. The molecule has 0 bridgehead atoms. The van der Waals surface area contributed by atoms with Crippen molar-refractivity contribution in [3.05, 3.63) is 35.4 Å². The van der Waals surface area contributed by atoms with Crippen LogP contribution >= 0.6 is 0 Å². The Bertz CT molecular complexity index is 427. The summed E-state index contributed by atoms with van der Waals surface area (Å²) in [7, 11) is 0. The van der Waals surface area contributed by atoms with E-state index >= 15 is 0 Å². The number of rotatable bonds is 7. The van der Waals surface area contributed by atoms with Crippen molar-refractivity contribution in [1.82, 2.24) is 0 Å². The largest absolute Gasteiger partial charge is 0.466 e. The van der Waals surface area contributed by atoms with Gasteiger partial charge < -0.3 is 10.5 Å². The van der Waals surface area contributed by atoms with Gasteiger partial charge in [-0.05, 0) is 49.7 Å². The lowest BCUT2D eigenvalue weighted by molar-refractivity contribution is -0.143. The molecule has 2 N–H and O–H groups in total. The number of esters is 1. The van der Waals surface area contributed by atoms with Crippen LogP contribution < -0.4 is 5.73 Å². The third-order valence-electron chi connectivity index (χ3n) is 3.58. The number of hydrogen-bond acceptors (Lipinski definition) is 3. The van der Waals surface area contributed by atoms with Gasteiger partial charge in [0, 0.05) is 12.5 Å². The summed E-state index contributed by atoms with van der Waals surface area (Å²) in [4.78, 5) is 11.3. The summed E-state index contributed by atoms with van der Waals surface area (Å²) in [5.41, 5.74) is 8.93. The second-order valence-corrected chi connectivity index (χ2v) is 5.28. The van der Waals surface area contributed by atoms with Crippen molar-refractivity contribution in [2.75, 3.05) is 6.61 Å². The fourth-order valence-electron chi connectivity index (χ4n) is 2.43. The molecule has 0 saturated heterocycles. The maximum Gasteiger partial charge on any atom is 0.305 e. The van der Waals surface area contributed by atoms with Gasteiger partial charge in [0.05, 0.1) is 6.61 Å². The number of benzene rings is 1. The fourth-order valence-corrected chi connectivity index (χ4v) is 2.43. The van der Waals surface area contributed by atoms with Crippen LogP contribution in [0.2, 0.25) is 0 Å². The van der Waals surface area contributed by atoms with Crippen molar-refractivity contribution in [3.8, 4) is 0 Å². The monoisotopic (exact) mass is 261 g/mol. The van der Waals surface area contributed by atoms with Crippen molar-refractivity contribution in [2.24, 2.45) is 5.73 Å². The van der Waals surface area contributed by atoms with Crippen molar-refractivity contribution in [2.45, 2.75) is 51.0 Å². The normalized spacial score (nSPS) is 16.1. The first-order valence-electron chi connectivity index (χ1n) is 7.19. The zero-order valence-electron chi connectivity index (χ0n) is 11.6. The average molecular weight is 261 g/mol. The molecule has 1 atom stereocenters. The summed E-state index contributed by atoms with van der Waals surface area (Å²) in [5.74, 6) is 0.599. The highest BCUT2D eigenvalue weighted by Crippen LogP contribution is 2.41. The summed E-state index contributed by atoms with van der Waals surface area (Å²) in [6, 6.07) is 8.58. The standard InChI is InChI=1S/C16H23NO2/c1-2-19-16(18)10-9-14(17)11-13-5-3-4-6-15(13)12-7-8-12/h3-6,12,14H,2,7-11,17H2,1H3. The molecule has 2 rings (SSSR count). The maximum absolute atomic E-state index is 11.3. The fraction of sp³-hybridized carbons (Fsp3) is 0.562. The third-order valence-corrected chi connectivity index (χ3v) is 3.58. The Morgan fingerprint density at radius 2 is 2.16 bits per heavy atom. The highest BCUT2D eigenvalue weighted by Gasteiger charge is 2.25. The quantitative estimate of drug-likeness (QED) is 0.768. The Balaban J connectivity index is 1.85. The SMILES string of the molecule is CCOC(=O)CCC(N)Cc1ccccc1C1CC1. The van der Waals surface area contributed by atoms with E-state index in [-0.39, 0.29) is 12.0 Å². The molecule has 1 unspecified atom stereocenters. The zero-order chi connectivity index (χ0) is 13.7. The van der Waals surface area contributed by atoms with E-state index in [0.29, 0.717) is 19.4 Å². The number of ether oxygens (including phenoxy) is 1. The van der Waals surface area contributed by atoms with Gasteiger partial charge in [-0.2, -0.15) is 0 Å². The van der Waals surface area contributed by atoms with E-state index in [1.165, 1.54) is 24.0 Å². The van der Waals surface area contributed by atoms with Gasteiger partial charge in [0.2, 0.25) is 0 Å². The first kappa shape index (κ1) is 14.1. The van der Waals surface area contributed by atoms with Gasteiger partial charge in [-0.15, -0.1) is 0 Å². The zero-order valence-corrected chi connectivity index (χ0v) is 11.6. The number of carbonyl (C=O) groups excluding carboxylic acids is 1. The first-order chi connectivity index (χ1) is 9.20. The van der Waals surface area contributed by atoms with Crippen LogP contribution in [0.3, 0.4) is 0 Å². The average Bonchev–Trinajstić information content (AvgIpc) is 3.22. The van der Waals surface area contributed by atoms with Gasteiger partial charge in [0.1, 0.15) is 0 Å². The van der Waals surface area contributed by atoms with Crippen LogP contribution in [0.4, 0.5) is 0 Å². The van der Waals surface area contributed by atoms with Gasteiger partial charge >= 0.3 is 5.97 Å². The number of carbonyl (C=O) groups is 1. The van der Waals surface area contributed by atoms with E-state index in [0.717, 1.165) is 12.3 Å². The second kappa shape index (κ2) is 6.71. The summed E-state index contributed by atoms with van der Waals surface area (Å²) in [5, 5.41) is 0. The van der Waals surface area contributed by atoms with Crippen molar-refractivity contribution in [3.63, 3.8) is 0 Å². The van der Waals surface area contributed by atoms with Gasteiger partial charge in [-0.1, -0.05) is 24.3 Å². The topological polar surface area (TPSA) is 52.3 Å². The lowest BCUT2D eigenvalue weighted by atomic mass is 9.96. The summed E-state index contributed by atoms with van der Waals surface area (Å²) in [6.07, 6.45) is 4.56. The molecule has 1 aliphatic rings. The Labute approximate surface area is 115 Å². The first-order valence-corrected chi connectivity index (χ1v) is 7.19. The van der Waals surface area contributed by atoms with Crippen LogP contribution in [0, 0.1) is 0 Å². The molecule has 0 spiro atoms. The molecular weight excluding hydrogens is 238 g/mol. The van der Waals surface area contributed by atoms with Crippen molar-refractivity contribution < 1.29 is 9.53 Å². The molecule has 0 amide bonds. The van der Waals surface area contributed by atoms with E-state index in [4.69, 9.17) is 10.5 Å². The molecule has 19 heavy (non-hydrogen) atoms. The Morgan fingerprint density at radius 1 is 1.42 bits per heavy atom. The van der Waals surface area contributed by atoms with Crippen LogP contribution in [0.15, 0.2) is 24.3 Å². The molecule has 1 aromatic rings. The van der Waals surface area contributed by atoms with Crippen LogP contribution in [0.25, 0.3) is 0 Å². The summed E-state index contributed by atoms with van der Waals surface area (Å²) < 4.78 is 4.92. The van der Waals surface area contributed by atoms with E-state index in [9.17, 15) is 4.79 Å². The molecule has 0 heterocycles. The molecule has 3 nitrogen and oxygen atoms in total. The smallest absolute Gasteiger partial charge is 0.305 e. The molecule has 0 aromatic heterocycles. The summed E-state index contributed by atoms with van der Waals surface area (Å²) >= 11 is 0. The Kier molecular flexibility index (Phi) is 4.97. The third kappa shape index (κ3) is 4.35. The highest BCUT2D eigenvalue weighted by molar-refractivity contribution is 5.69. The van der Waals surface area contributed by atoms with Crippen LogP contribution in [-0.2, 0) is 16.0 Å². The Morgan fingerprint density at radius 3 is 2.84 bits per heavy atom. The van der Waals surface area contributed by atoms with Gasteiger partial charge in [-0.3, -0.25) is 4.79 Å². The second-order valence-electron chi connectivity index (χ2n) is 5.28. The predicted octanol–water partition coefficient (Wildman–Crippen LogP) is 2.78. The lowest BCUT2D eigenvalue weighted by Crippen LogP contribution is -2.24. The summed E-state index contributed by atoms with van der Waals surface area (Å²) in [6.45, 7) is 2.27. The molecular formula is C16H23NO2. The lowest BCUT2D eigenvalue weighted by Gasteiger charge is -2.14. The van der Waals surface area contributed by atoms with Crippen molar-refractivity contribution >= 4 is 5.97 Å². The molecule has 1 aliphatic carbocycles. The van der Waals surface area contributed by atoms with Crippen LogP contribution in [0.1, 0.15) is 49.7 Å². The molecule has 104 valence electrons. The van der Waals surface area contributed by atoms with Gasteiger partial charge in [-0.25, -0.2) is 0 Å². The van der Waals surface area contributed by atoms with E-state index in [2.05, 4.69) is 24.3 Å². The number of nitrogens with two attached hydrogens (primary N) is 1. The van der Waals surface area contributed by atoms with E-state index in [1.807, 2.05) is 6.92 Å². The molecule has 3 heteroatoms. The van der Waals surface area contributed by atoms with E-state index in [1.54, 1.807) is 0 Å². The molecule has 1 saturated carbocycles. The predicted molar refractivity (Wildman–Crippen MR) is 76.0 cm³/mol. The van der Waals surface area contributed by atoms with E-state index < -0.39 is 0 Å². The van der Waals surface area contributed by atoms with Crippen LogP contribution in [0.5, 0.6) is 0 Å². The van der Waals surface area contributed by atoms with Crippen molar-refractivity contribution in [1.29, 1.82) is 0 Å². The minimum Gasteiger partial charge on any atom is -0.466 e. The minimum absolute atomic E-state index is 0.0318. The Hall–Kier alpha value is -1.35. The number of hydrogen-bond donors (Lipinski definition) is 1. The van der Waals surface area contributed by atoms with Crippen LogP contribution in [-0.4, -0.2) is 18.6 Å². The maximum atomic E-state index is 11.3. The molecule has 1 fully saturated rings.